The summed E-state index contributed by atoms with van der Waals surface area (Å²) in [5.74, 6) is 0.0315. The van der Waals surface area contributed by atoms with Gasteiger partial charge in [-0.15, -0.1) is 0 Å². The Bertz CT molecular complexity index is 207. The third-order valence-electron chi connectivity index (χ3n) is 1.31. The second kappa shape index (κ2) is 6.03. The fraction of sp³-hybridized carbons (Fsp3) is 0.333. The van der Waals surface area contributed by atoms with Crippen molar-refractivity contribution in [2.24, 2.45) is 0 Å². The number of rotatable bonds is 5. The third-order valence-corrected chi connectivity index (χ3v) is 1.53. The van der Waals surface area contributed by atoms with E-state index in [2.05, 4.69) is 29.1 Å². The van der Waals surface area contributed by atoms with E-state index in [4.69, 9.17) is 10.2 Å². The number of aliphatic hydroxyl groups excluding tert-OH is 2. The molecule has 2 nitrogen and oxygen atoms in total. The van der Waals surface area contributed by atoms with Gasteiger partial charge in [-0.05, 0) is 24.5 Å². The van der Waals surface area contributed by atoms with Gasteiger partial charge in [-0.25, -0.2) is 0 Å². The first-order valence-electron chi connectivity index (χ1n) is 3.62. The molecule has 12 heavy (non-hydrogen) atoms. The van der Waals surface area contributed by atoms with Crippen LogP contribution in [0.3, 0.4) is 0 Å². The molecule has 0 heterocycles. The summed E-state index contributed by atoms with van der Waals surface area (Å²) >= 11 is 3.15. The lowest BCUT2D eigenvalue weighted by Crippen LogP contribution is -1.90. The minimum Gasteiger partial charge on any atom is -0.508 e. The Hall–Kier alpha value is -0.540. The highest BCUT2D eigenvalue weighted by molar-refractivity contribution is 9.11. The molecule has 0 fully saturated rings. The summed E-state index contributed by atoms with van der Waals surface area (Å²) in [7, 11) is 0. The molecule has 0 amide bonds. The fourth-order valence-electron chi connectivity index (χ4n) is 0.758. The predicted molar refractivity (Wildman–Crippen MR) is 54.2 cm³/mol. The summed E-state index contributed by atoms with van der Waals surface area (Å²) in [6, 6.07) is 0. The lowest BCUT2D eigenvalue weighted by Gasteiger charge is -2.03. The van der Waals surface area contributed by atoms with Crippen LogP contribution in [-0.4, -0.2) is 16.8 Å². The van der Waals surface area contributed by atoms with Crippen molar-refractivity contribution in [2.45, 2.75) is 12.8 Å². The fourth-order valence-corrected chi connectivity index (χ4v) is 1.03. The summed E-state index contributed by atoms with van der Waals surface area (Å²) < 4.78 is 0.686. The summed E-state index contributed by atoms with van der Waals surface area (Å²) in [4.78, 5) is 0. The first kappa shape index (κ1) is 11.5. The largest absolute Gasteiger partial charge is 0.508 e. The first-order chi connectivity index (χ1) is 5.57. The third kappa shape index (κ3) is 5.16. The van der Waals surface area contributed by atoms with Crippen molar-refractivity contribution in [1.29, 1.82) is 0 Å². The molecule has 0 aromatic heterocycles. The van der Waals surface area contributed by atoms with Gasteiger partial charge in [0.15, 0.2) is 0 Å². The van der Waals surface area contributed by atoms with Crippen molar-refractivity contribution in [2.75, 3.05) is 6.61 Å². The predicted octanol–water partition coefficient (Wildman–Crippen LogP) is 2.67. The molecule has 0 bridgehead atoms. The quantitative estimate of drug-likeness (QED) is 0.566. The highest BCUT2D eigenvalue weighted by Gasteiger charge is 2.00. The maximum absolute atomic E-state index is 9.08. The number of halogens is 1. The molecule has 0 saturated carbocycles. The van der Waals surface area contributed by atoms with E-state index >= 15 is 0 Å². The molecule has 0 saturated heterocycles. The second-order valence-electron chi connectivity index (χ2n) is 2.39. The summed E-state index contributed by atoms with van der Waals surface area (Å²) in [5, 5.41) is 17.6. The number of allylic oxidation sites excluding steroid dienone is 3. The van der Waals surface area contributed by atoms with Gasteiger partial charge in [-0.3, -0.25) is 0 Å². The highest BCUT2D eigenvalue weighted by atomic mass is 79.9. The number of hydrogen-bond donors (Lipinski definition) is 2. The Labute approximate surface area is 81.0 Å². The molecule has 68 valence electrons. The van der Waals surface area contributed by atoms with Crippen LogP contribution < -0.4 is 0 Å². The van der Waals surface area contributed by atoms with Crippen LogP contribution in [0, 0.1) is 0 Å². The van der Waals surface area contributed by atoms with E-state index in [9.17, 15) is 0 Å². The van der Waals surface area contributed by atoms with Gasteiger partial charge in [0.1, 0.15) is 5.76 Å². The molecule has 0 atom stereocenters. The van der Waals surface area contributed by atoms with Gasteiger partial charge in [0.05, 0.1) is 0 Å². The summed E-state index contributed by atoms with van der Waals surface area (Å²) in [6.07, 6.45) is 2.92. The first-order valence-corrected chi connectivity index (χ1v) is 4.41. The van der Waals surface area contributed by atoms with E-state index in [1.165, 1.54) is 0 Å². The lowest BCUT2D eigenvalue weighted by atomic mass is 10.1. The molecule has 0 aromatic rings. The molecule has 0 aromatic carbocycles. The average Bonchev–Trinajstić information content (AvgIpc) is 1.96. The van der Waals surface area contributed by atoms with Crippen molar-refractivity contribution >= 4 is 15.9 Å². The second-order valence-corrected chi connectivity index (χ2v) is 3.41. The molecular weight excluding hydrogens is 220 g/mol. The van der Waals surface area contributed by atoms with Crippen LogP contribution >= 0.6 is 15.9 Å². The lowest BCUT2D eigenvalue weighted by molar-refractivity contribution is 0.287. The Morgan fingerprint density at radius 2 is 2.00 bits per heavy atom. The van der Waals surface area contributed by atoms with Gasteiger partial charge in [-0.1, -0.05) is 29.1 Å². The zero-order chi connectivity index (χ0) is 9.56. The molecule has 0 aliphatic carbocycles. The van der Waals surface area contributed by atoms with Crippen molar-refractivity contribution in [3.05, 3.63) is 35.0 Å². The molecule has 0 radical (unpaired) electrons. The Balaban J connectivity index is 4.23. The monoisotopic (exact) mass is 232 g/mol. The minimum atomic E-state index is 0.0315. The topological polar surface area (TPSA) is 40.5 Å². The van der Waals surface area contributed by atoms with Crippen molar-refractivity contribution in [1.82, 2.24) is 0 Å². The van der Waals surface area contributed by atoms with Gasteiger partial charge in [-0.2, -0.15) is 0 Å². The van der Waals surface area contributed by atoms with Gasteiger partial charge in [0, 0.05) is 11.1 Å². The highest BCUT2D eigenvalue weighted by Crippen LogP contribution is 2.16. The van der Waals surface area contributed by atoms with Crippen LogP contribution in [-0.2, 0) is 0 Å². The Morgan fingerprint density at radius 3 is 2.33 bits per heavy atom. The maximum atomic E-state index is 9.08. The van der Waals surface area contributed by atoms with Crippen LogP contribution in [0.25, 0.3) is 0 Å². The molecule has 0 spiro atoms. The van der Waals surface area contributed by atoms with E-state index in [-0.39, 0.29) is 12.4 Å². The maximum Gasteiger partial charge on any atom is 0.111 e. The smallest absolute Gasteiger partial charge is 0.111 e. The van der Waals surface area contributed by atoms with Gasteiger partial charge in [0.25, 0.3) is 0 Å². The molecule has 0 rings (SSSR count). The minimum absolute atomic E-state index is 0.0315. The van der Waals surface area contributed by atoms with Crippen LogP contribution in [0.5, 0.6) is 0 Å². The molecule has 0 unspecified atom stereocenters. The summed E-state index contributed by atoms with van der Waals surface area (Å²) in [6.45, 7) is 7.13. The van der Waals surface area contributed by atoms with Crippen molar-refractivity contribution < 1.29 is 10.2 Å². The van der Waals surface area contributed by atoms with E-state index in [1.807, 2.05) is 0 Å². The van der Waals surface area contributed by atoms with Crippen LogP contribution in [0.1, 0.15) is 12.8 Å². The molecule has 2 N–H and O–H groups in total. The van der Waals surface area contributed by atoms with Gasteiger partial charge in [0.2, 0.25) is 0 Å². The van der Waals surface area contributed by atoms with Crippen LogP contribution in [0.2, 0.25) is 0 Å². The van der Waals surface area contributed by atoms with E-state index in [0.29, 0.717) is 22.9 Å². The van der Waals surface area contributed by atoms with E-state index in [1.54, 1.807) is 6.08 Å². The van der Waals surface area contributed by atoms with E-state index < -0.39 is 0 Å². The Kier molecular flexibility index (Phi) is 5.76. The van der Waals surface area contributed by atoms with E-state index in [0.717, 1.165) is 0 Å². The van der Waals surface area contributed by atoms with Crippen molar-refractivity contribution in [3.8, 4) is 0 Å². The molecule has 0 aliphatic heterocycles. The average molecular weight is 233 g/mol. The Morgan fingerprint density at radius 1 is 1.42 bits per heavy atom. The van der Waals surface area contributed by atoms with Gasteiger partial charge < -0.3 is 10.2 Å². The van der Waals surface area contributed by atoms with Crippen LogP contribution in [0.15, 0.2) is 35.0 Å². The number of hydrogen-bond acceptors (Lipinski definition) is 2. The normalized spacial score (nSPS) is 11.3. The standard InChI is InChI=1S/C9H13BrO2/c1-7(10)6-9(8(2)12)4-3-5-11/h6,11-12H,1-5H2/b9-6-. The number of aliphatic hydroxyl groups is 2. The molecular formula is C9H13BrO2. The van der Waals surface area contributed by atoms with Crippen LogP contribution in [0.4, 0.5) is 0 Å². The molecule has 3 heteroatoms. The summed E-state index contributed by atoms with van der Waals surface area (Å²) in [5.41, 5.74) is 0.700. The van der Waals surface area contributed by atoms with Crippen molar-refractivity contribution in [3.63, 3.8) is 0 Å². The van der Waals surface area contributed by atoms with Gasteiger partial charge >= 0.3 is 0 Å². The SMILES string of the molecule is C=C(Br)/C=C(/CCCO)C(=C)O. The zero-order valence-electron chi connectivity index (χ0n) is 6.89. The molecule has 0 aliphatic rings. The zero-order valence-corrected chi connectivity index (χ0v) is 8.47.